The van der Waals surface area contributed by atoms with Crippen LogP contribution in [0, 0.1) is 20.8 Å². The van der Waals surface area contributed by atoms with Crippen LogP contribution in [0.5, 0.6) is 0 Å². The van der Waals surface area contributed by atoms with E-state index >= 15 is 0 Å². The first-order valence-corrected chi connectivity index (χ1v) is 19.8. The molecule has 0 aromatic heterocycles. The average molecular weight is 508 g/mol. The van der Waals surface area contributed by atoms with E-state index in [2.05, 4.69) is 67.5 Å². The smallest absolute Gasteiger partial charge is 1.00 e. The zero-order valence-corrected chi connectivity index (χ0v) is 19.7. The van der Waals surface area contributed by atoms with Crippen molar-refractivity contribution in [3.05, 3.63) is 50.4 Å². The molecular weight excluding hydrogens is 484 g/mol. The van der Waals surface area contributed by atoms with Crippen molar-refractivity contribution in [3.63, 3.8) is 0 Å². The molecule has 0 saturated heterocycles. The summed E-state index contributed by atoms with van der Waals surface area (Å²) in [6.07, 6.45) is 8.16. The molecule has 1 aromatic rings. The van der Waals surface area contributed by atoms with Gasteiger partial charge in [-0.3, -0.25) is 0 Å². The fraction of sp³-hybridized carbons (Fsp3) is 0.375. The molecule has 0 bridgehead atoms. The number of halogens is 2. The molecule has 0 saturated carbocycles. The second-order valence-corrected chi connectivity index (χ2v) is 31.4. The Morgan fingerprint density at radius 3 is 2.05 bits per heavy atom. The van der Waals surface area contributed by atoms with Gasteiger partial charge in [0.2, 0.25) is 0 Å². The Bertz CT molecular complexity index is 518. The molecule has 1 aliphatic carbocycles. The number of benzene rings is 1. The zero-order chi connectivity index (χ0) is 14.0. The molecule has 1 N–H and O–H groups in total. The summed E-state index contributed by atoms with van der Waals surface area (Å²) >= 11 is -1.79. The van der Waals surface area contributed by atoms with Crippen molar-refractivity contribution in [2.45, 2.75) is 40.3 Å². The van der Waals surface area contributed by atoms with E-state index in [1.54, 1.807) is 3.33 Å². The number of aryl methyl sites for hydroxylation is 3. The van der Waals surface area contributed by atoms with Crippen molar-refractivity contribution in [3.8, 4) is 0 Å². The molecule has 0 aliphatic heterocycles. The monoisotopic (exact) mass is 508 g/mol. The van der Waals surface area contributed by atoms with E-state index in [0.717, 1.165) is 0 Å². The van der Waals surface area contributed by atoms with Crippen molar-refractivity contribution in [2.75, 3.05) is 3.30 Å². The number of nitrogens with one attached hydrogen (secondary N) is 1. The number of hydrogen-bond donors (Lipinski definition) is 1. The Morgan fingerprint density at radius 2 is 1.62 bits per heavy atom. The topological polar surface area (TPSA) is 12.0 Å². The molecule has 1 aromatic carbocycles. The Hall–Kier alpha value is 0.167. The van der Waals surface area contributed by atoms with Gasteiger partial charge in [-0.25, -0.2) is 0 Å². The maximum absolute atomic E-state index is 4.05. The molecular formula is C16H24Cl2HfNSi. The van der Waals surface area contributed by atoms with Crippen molar-refractivity contribution < 1.29 is 45.7 Å². The maximum Gasteiger partial charge on any atom is -1.00 e. The molecule has 2 rings (SSSR count). The van der Waals surface area contributed by atoms with Crippen LogP contribution in [0.1, 0.15) is 23.1 Å². The molecule has 21 heavy (non-hydrogen) atoms. The molecule has 0 fully saturated rings. The first-order valence-electron chi connectivity index (χ1n) is 7.07. The molecule has 115 valence electrons. The van der Waals surface area contributed by atoms with Gasteiger partial charge < -0.3 is 24.8 Å². The van der Waals surface area contributed by atoms with Gasteiger partial charge in [-0.1, -0.05) is 0 Å². The van der Waals surface area contributed by atoms with Gasteiger partial charge >= 0.3 is 127 Å². The average Bonchev–Trinajstić information content (AvgIpc) is 2.80. The third-order valence-electron chi connectivity index (χ3n) is 3.63. The summed E-state index contributed by atoms with van der Waals surface area (Å²) in [5.41, 5.74) is 5.64. The fourth-order valence-corrected chi connectivity index (χ4v) is 23.0. The molecule has 0 radical (unpaired) electrons. The van der Waals surface area contributed by atoms with Crippen molar-refractivity contribution in [1.29, 1.82) is 0 Å². The minimum Gasteiger partial charge on any atom is -1.00 e. The standard InChI is InChI=1S/C9H12N.C5H5.C2H7Si.2ClH.Hf/c1-6-4-7(2)9(10)8(3)5-6;1-2-4-5-3-1;1-3-2;;;/h4-5,10H,1-3H3;1-3H,4H2;3H,1-2H3;2*1H;/q-1;;;;;+3/p-2. The number of rotatable bonds is 4. The van der Waals surface area contributed by atoms with E-state index in [9.17, 15) is 0 Å². The first-order chi connectivity index (χ1) is 8.99. The molecule has 0 atom stereocenters. The van der Waals surface area contributed by atoms with Crippen LogP contribution >= 0.6 is 0 Å². The van der Waals surface area contributed by atoms with Gasteiger partial charge in [0.25, 0.3) is 0 Å². The van der Waals surface area contributed by atoms with E-state index in [1.807, 2.05) is 0 Å². The summed E-state index contributed by atoms with van der Waals surface area (Å²) in [5.74, 6) is -0.568. The maximum atomic E-state index is 4.05. The van der Waals surface area contributed by atoms with Crippen molar-refractivity contribution >= 4 is 11.7 Å². The summed E-state index contributed by atoms with van der Waals surface area (Å²) in [5, 5.41) is 0. The van der Waals surface area contributed by atoms with Gasteiger partial charge in [-0.05, 0) is 0 Å². The van der Waals surface area contributed by atoms with Crippen LogP contribution in [0.15, 0.2) is 33.7 Å². The van der Waals surface area contributed by atoms with E-state index in [4.69, 9.17) is 0 Å². The number of anilines is 1. The Morgan fingerprint density at radius 1 is 1.05 bits per heavy atom. The van der Waals surface area contributed by atoms with Gasteiger partial charge in [0, 0.05) is 0 Å². The first kappa shape index (κ1) is 21.2. The summed E-state index contributed by atoms with van der Waals surface area (Å²) in [6, 6.07) is 4.61. The summed E-state index contributed by atoms with van der Waals surface area (Å²) < 4.78 is 5.82. The van der Waals surface area contributed by atoms with E-state index in [0.29, 0.717) is 0 Å². The van der Waals surface area contributed by atoms with Crippen LogP contribution in [-0.4, -0.2) is 5.98 Å². The fourth-order valence-electron chi connectivity index (χ4n) is 2.75. The van der Waals surface area contributed by atoms with Crippen LogP contribution in [0.3, 0.4) is 0 Å². The number of allylic oxidation sites excluding steroid dienone is 4. The molecule has 0 heterocycles. The predicted octanol–water partition coefficient (Wildman–Crippen LogP) is -1.61. The third kappa shape index (κ3) is 5.38. The molecule has 0 unspecified atom stereocenters. The van der Waals surface area contributed by atoms with Crippen LogP contribution in [0.25, 0.3) is 0 Å². The summed E-state index contributed by atoms with van der Waals surface area (Å²) in [6.45, 7) is 11.7. The molecule has 0 amide bonds. The third-order valence-corrected chi connectivity index (χ3v) is 27.1. The molecule has 5 heteroatoms. The van der Waals surface area contributed by atoms with Gasteiger partial charge in [0.05, 0.1) is 0 Å². The molecule has 1 nitrogen and oxygen atoms in total. The largest absolute Gasteiger partial charge is 1.00 e. The normalized spacial score (nSPS) is 12.6. The van der Waals surface area contributed by atoms with Crippen LogP contribution in [0.4, 0.5) is 5.69 Å². The van der Waals surface area contributed by atoms with Crippen molar-refractivity contribution in [1.82, 2.24) is 0 Å². The van der Waals surface area contributed by atoms with Gasteiger partial charge in [0.1, 0.15) is 0 Å². The summed E-state index contributed by atoms with van der Waals surface area (Å²) in [7, 11) is 0. The van der Waals surface area contributed by atoms with Gasteiger partial charge in [-0.2, -0.15) is 0 Å². The van der Waals surface area contributed by atoms with Crippen LogP contribution < -0.4 is 28.1 Å². The van der Waals surface area contributed by atoms with E-state index < -0.39 is 26.9 Å². The second-order valence-electron chi connectivity index (χ2n) is 5.79. The zero-order valence-electron chi connectivity index (χ0n) is 13.4. The Labute approximate surface area is 150 Å². The van der Waals surface area contributed by atoms with Gasteiger partial charge in [-0.15, -0.1) is 0 Å². The quantitative estimate of drug-likeness (QED) is 0.484. The molecule has 1 aliphatic rings. The van der Waals surface area contributed by atoms with Crippen molar-refractivity contribution in [2.24, 2.45) is 0 Å². The minimum atomic E-state index is -1.79. The van der Waals surface area contributed by atoms with E-state index in [-0.39, 0.29) is 24.8 Å². The number of hydrogen-bond acceptors (Lipinski definition) is 1. The second kappa shape index (κ2) is 9.34. The minimum absolute atomic E-state index is 0. The van der Waals surface area contributed by atoms with Crippen LogP contribution in [0.2, 0.25) is 13.1 Å². The van der Waals surface area contributed by atoms with Gasteiger partial charge in [0.15, 0.2) is 0 Å². The SMILES string of the molecule is Cc1cc(C)c([NH][Hf+2]([C]2=CC=CC2)[SiH](C)C)c(C)c1.[Cl-].[Cl-]. The van der Waals surface area contributed by atoms with Crippen LogP contribution in [-0.2, 0) is 20.9 Å². The van der Waals surface area contributed by atoms with E-state index in [1.165, 1.54) is 28.8 Å². The Kier molecular flexibility index (Phi) is 9.41. The Balaban J connectivity index is 0.00000200. The summed E-state index contributed by atoms with van der Waals surface area (Å²) in [4.78, 5) is 0. The molecule has 0 spiro atoms. The predicted molar refractivity (Wildman–Crippen MR) is 85.0 cm³/mol.